The molecule has 2 heterocycles. The maximum atomic E-state index is 4.60. The molecule has 14 heavy (non-hydrogen) atoms. The van der Waals surface area contributed by atoms with Crippen molar-refractivity contribution in [3.8, 4) is 0 Å². The van der Waals surface area contributed by atoms with Crippen molar-refractivity contribution < 1.29 is 0 Å². The van der Waals surface area contributed by atoms with Gasteiger partial charge in [0.2, 0.25) is 0 Å². The Hall–Kier alpha value is 0.170. The van der Waals surface area contributed by atoms with E-state index < -0.39 is 0 Å². The molecule has 0 radical (unpaired) electrons. The third-order valence-electron chi connectivity index (χ3n) is 3.08. The Balaban J connectivity index is 1.49. The lowest BCUT2D eigenvalue weighted by Crippen LogP contribution is -2.32. The van der Waals surface area contributed by atoms with Gasteiger partial charge in [0.15, 0.2) is 5.17 Å². The van der Waals surface area contributed by atoms with Gasteiger partial charge in [-0.05, 0) is 30.9 Å². The number of amidine groups is 1. The summed E-state index contributed by atoms with van der Waals surface area (Å²) < 4.78 is 0. The van der Waals surface area contributed by atoms with Crippen molar-refractivity contribution in [3.63, 3.8) is 0 Å². The molecule has 0 amide bonds. The number of hydrogen-bond acceptors (Lipinski definition) is 4. The smallest absolute Gasteiger partial charge is 0.157 e. The highest BCUT2D eigenvalue weighted by Gasteiger charge is 2.35. The first-order valence-corrected chi connectivity index (χ1v) is 7.50. The van der Waals surface area contributed by atoms with E-state index in [2.05, 4.69) is 22.1 Å². The van der Waals surface area contributed by atoms with Crippen LogP contribution in [0.2, 0.25) is 0 Å². The molecular weight excluding hydrogens is 212 g/mol. The first-order chi connectivity index (χ1) is 6.92. The zero-order valence-electron chi connectivity index (χ0n) is 8.24. The van der Waals surface area contributed by atoms with Gasteiger partial charge in [-0.15, -0.1) is 0 Å². The Morgan fingerprint density at radius 1 is 1.29 bits per heavy atom. The van der Waals surface area contributed by atoms with Crippen LogP contribution in [0.5, 0.6) is 0 Å². The topological polar surface area (TPSA) is 24.4 Å². The maximum absolute atomic E-state index is 4.60. The lowest BCUT2D eigenvalue weighted by molar-refractivity contribution is 0.682. The van der Waals surface area contributed by atoms with E-state index in [1.54, 1.807) is 0 Å². The molecule has 2 nitrogen and oxygen atoms in total. The largest absolute Gasteiger partial charge is 0.361 e. The molecule has 2 fully saturated rings. The summed E-state index contributed by atoms with van der Waals surface area (Å²) in [6.07, 6.45) is 4.21. The van der Waals surface area contributed by atoms with Crippen LogP contribution in [-0.2, 0) is 0 Å². The van der Waals surface area contributed by atoms with Gasteiger partial charge in [-0.25, -0.2) is 0 Å². The van der Waals surface area contributed by atoms with Crippen LogP contribution in [0.4, 0.5) is 0 Å². The molecule has 2 unspecified atom stereocenters. The van der Waals surface area contributed by atoms with E-state index in [0.29, 0.717) is 6.04 Å². The number of nitrogens with one attached hydrogen (secondary N) is 1. The summed E-state index contributed by atoms with van der Waals surface area (Å²) in [6.45, 7) is 1.07. The third kappa shape index (κ3) is 2.06. The minimum atomic E-state index is 0.698. The molecule has 0 bridgehead atoms. The molecule has 1 saturated carbocycles. The Bertz CT molecular complexity index is 245. The summed E-state index contributed by atoms with van der Waals surface area (Å²) in [4.78, 5) is 4.60. The lowest BCUT2D eigenvalue weighted by Gasteiger charge is -2.12. The van der Waals surface area contributed by atoms with E-state index in [1.165, 1.54) is 35.9 Å². The highest BCUT2D eigenvalue weighted by molar-refractivity contribution is 8.14. The van der Waals surface area contributed by atoms with Crippen LogP contribution < -0.4 is 5.32 Å². The van der Waals surface area contributed by atoms with Gasteiger partial charge in [0, 0.05) is 17.0 Å². The molecule has 1 saturated heterocycles. The lowest BCUT2D eigenvalue weighted by atomic mass is 10.3. The molecule has 1 aliphatic carbocycles. The molecule has 78 valence electrons. The highest BCUT2D eigenvalue weighted by atomic mass is 32.2. The Kier molecular flexibility index (Phi) is 2.66. The number of rotatable bonds is 2. The quantitative estimate of drug-likeness (QED) is 0.782. The van der Waals surface area contributed by atoms with E-state index in [4.69, 9.17) is 0 Å². The molecule has 1 N–H and O–H groups in total. The number of nitrogens with zero attached hydrogens (tertiary/aromatic N) is 1. The van der Waals surface area contributed by atoms with Gasteiger partial charge in [-0.3, -0.25) is 4.99 Å². The Morgan fingerprint density at radius 2 is 2.21 bits per heavy atom. The second-order valence-corrected chi connectivity index (χ2v) is 6.72. The normalized spacial score (nSPS) is 37.3. The van der Waals surface area contributed by atoms with Crippen LogP contribution in [0.15, 0.2) is 4.99 Å². The average Bonchev–Trinajstić information content (AvgIpc) is 2.75. The Labute approximate surface area is 93.7 Å². The molecule has 3 rings (SSSR count). The molecule has 0 aromatic heterocycles. The first kappa shape index (κ1) is 9.40. The molecule has 0 aromatic rings. The van der Waals surface area contributed by atoms with Crippen molar-refractivity contribution in [1.82, 2.24) is 5.32 Å². The predicted octanol–water partition coefficient (Wildman–Crippen LogP) is 1.96. The van der Waals surface area contributed by atoms with E-state index in [1.807, 2.05) is 11.8 Å². The standard InChI is InChI=1S/C10H16N2S2/c1-2-7(1)9-5-11-10(14-9)12-8-3-4-13-6-8/h7-9H,1-6H2,(H,11,12). The van der Waals surface area contributed by atoms with Crippen molar-refractivity contribution in [2.45, 2.75) is 30.6 Å². The van der Waals surface area contributed by atoms with Gasteiger partial charge in [-0.2, -0.15) is 11.8 Å². The number of aliphatic imine (C=N–C) groups is 1. The fourth-order valence-corrected chi connectivity index (χ4v) is 4.44. The number of thioether (sulfide) groups is 2. The van der Waals surface area contributed by atoms with Crippen LogP contribution in [0.3, 0.4) is 0 Å². The van der Waals surface area contributed by atoms with E-state index in [0.717, 1.165) is 17.7 Å². The summed E-state index contributed by atoms with van der Waals surface area (Å²) >= 11 is 4.06. The van der Waals surface area contributed by atoms with Gasteiger partial charge in [0.05, 0.1) is 6.54 Å². The van der Waals surface area contributed by atoms with Crippen LogP contribution in [0.1, 0.15) is 19.3 Å². The second-order valence-electron chi connectivity index (χ2n) is 4.34. The average molecular weight is 228 g/mol. The minimum Gasteiger partial charge on any atom is -0.361 e. The summed E-state index contributed by atoms with van der Waals surface area (Å²) in [7, 11) is 0. The van der Waals surface area contributed by atoms with Crippen LogP contribution >= 0.6 is 23.5 Å². The predicted molar refractivity (Wildman–Crippen MR) is 65.3 cm³/mol. The SMILES string of the molecule is C1CC(NC2=NCC(C3CC3)S2)CS1. The van der Waals surface area contributed by atoms with Gasteiger partial charge in [0.1, 0.15) is 0 Å². The summed E-state index contributed by atoms with van der Waals surface area (Å²) in [5.74, 6) is 3.58. The molecule has 0 spiro atoms. The molecule has 2 aliphatic heterocycles. The summed E-state index contributed by atoms with van der Waals surface area (Å²) in [6, 6.07) is 0.698. The summed E-state index contributed by atoms with van der Waals surface area (Å²) in [5.41, 5.74) is 0. The van der Waals surface area contributed by atoms with Crippen molar-refractivity contribution in [3.05, 3.63) is 0 Å². The van der Waals surface area contributed by atoms with E-state index in [-0.39, 0.29) is 0 Å². The monoisotopic (exact) mass is 228 g/mol. The van der Waals surface area contributed by atoms with E-state index >= 15 is 0 Å². The number of hydrogen-bond donors (Lipinski definition) is 1. The van der Waals surface area contributed by atoms with Gasteiger partial charge >= 0.3 is 0 Å². The van der Waals surface area contributed by atoms with Crippen molar-refractivity contribution >= 4 is 28.7 Å². The molecule has 0 aromatic carbocycles. The van der Waals surface area contributed by atoms with Crippen molar-refractivity contribution in [1.29, 1.82) is 0 Å². The van der Waals surface area contributed by atoms with Gasteiger partial charge in [-0.1, -0.05) is 11.8 Å². The second kappa shape index (κ2) is 3.97. The Morgan fingerprint density at radius 3 is 2.93 bits per heavy atom. The van der Waals surface area contributed by atoms with Crippen LogP contribution in [0, 0.1) is 5.92 Å². The highest BCUT2D eigenvalue weighted by Crippen LogP contribution is 2.41. The summed E-state index contributed by atoms with van der Waals surface area (Å²) in [5, 5.41) is 5.63. The van der Waals surface area contributed by atoms with Crippen LogP contribution in [0.25, 0.3) is 0 Å². The zero-order chi connectivity index (χ0) is 9.38. The third-order valence-corrected chi connectivity index (χ3v) is 5.55. The van der Waals surface area contributed by atoms with Crippen molar-refractivity contribution in [2.24, 2.45) is 10.9 Å². The van der Waals surface area contributed by atoms with Crippen LogP contribution in [-0.4, -0.2) is 34.5 Å². The maximum Gasteiger partial charge on any atom is 0.157 e. The minimum absolute atomic E-state index is 0.698. The van der Waals surface area contributed by atoms with Gasteiger partial charge < -0.3 is 5.32 Å². The first-order valence-electron chi connectivity index (χ1n) is 5.47. The molecular formula is C10H16N2S2. The molecule has 2 atom stereocenters. The molecule has 4 heteroatoms. The van der Waals surface area contributed by atoms with E-state index in [9.17, 15) is 0 Å². The van der Waals surface area contributed by atoms with Crippen molar-refractivity contribution in [2.75, 3.05) is 18.1 Å². The fourth-order valence-electron chi connectivity index (χ4n) is 2.01. The van der Waals surface area contributed by atoms with Gasteiger partial charge in [0.25, 0.3) is 0 Å². The fraction of sp³-hybridized carbons (Fsp3) is 0.900. The zero-order valence-corrected chi connectivity index (χ0v) is 9.87. The molecule has 3 aliphatic rings.